The molecule has 2 atom stereocenters. The summed E-state index contributed by atoms with van der Waals surface area (Å²) in [7, 11) is 0. The third kappa shape index (κ3) is 4.58. The van der Waals surface area contributed by atoms with Crippen LogP contribution in [-0.2, 0) is 11.2 Å². The summed E-state index contributed by atoms with van der Waals surface area (Å²) in [5.74, 6) is 2.39. The molecule has 1 aromatic rings. The molecule has 0 aromatic carbocycles. The number of hydrogen-bond acceptors (Lipinski definition) is 6. The van der Waals surface area contributed by atoms with Gasteiger partial charge in [0.1, 0.15) is 0 Å². The highest BCUT2D eigenvalue weighted by Gasteiger charge is 2.28. The van der Waals surface area contributed by atoms with Crippen molar-refractivity contribution in [1.82, 2.24) is 24.8 Å². The predicted octanol–water partition coefficient (Wildman–Crippen LogP) is 1.57. The fraction of sp³-hybridized carbons (Fsp3) is 0.833. The van der Waals surface area contributed by atoms with Crippen LogP contribution in [0.1, 0.15) is 51.4 Å². The molecule has 2 aliphatic rings. The quantitative estimate of drug-likeness (QED) is 0.804. The van der Waals surface area contributed by atoms with Crippen molar-refractivity contribution < 1.29 is 9.32 Å². The van der Waals surface area contributed by atoms with Crippen molar-refractivity contribution in [3.05, 3.63) is 11.7 Å². The molecule has 0 N–H and O–H groups in total. The molecule has 2 fully saturated rings. The van der Waals surface area contributed by atoms with Gasteiger partial charge in [-0.25, -0.2) is 0 Å². The molecule has 1 aromatic heterocycles. The first-order valence-corrected chi connectivity index (χ1v) is 9.63. The molecule has 0 spiro atoms. The SMILES string of the molecule is CCc1noc([C@H](C)N2CCN(CC(=O)N3CCC[C@@H](C)C3)CC2)n1. The Bertz CT molecular complexity index is 568. The van der Waals surface area contributed by atoms with Gasteiger partial charge in [0.25, 0.3) is 0 Å². The highest BCUT2D eigenvalue weighted by molar-refractivity contribution is 5.78. The van der Waals surface area contributed by atoms with E-state index in [0.717, 1.165) is 57.9 Å². The number of piperidine rings is 1. The second kappa shape index (κ2) is 8.27. The minimum Gasteiger partial charge on any atom is -0.341 e. The molecule has 25 heavy (non-hydrogen) atoms. The molecular formula is C18H31N5O2. The van der Waals surface area contributed by atoms with Crippen LogP contribution in [0.2, 0.25) is 0 Å². The maximum Gasteiger partial charge on any atom is 0.243 e. The van der Waals surface area contributed by atoms with Crippen LogP contribution in [0.4, 0.5) is 0 Å². The Morgan fingerprint density at radius 3 is 2.68 bits per heavy atom. The summed E-state index contributed by atoms with van der Waals surface area (Å²) in [6.07, 6.45) is 3.18. The molecule has 0 radical (unpaired) electrons. The summed E-state index contributed by atoms with van der Waals surface area (Å²) in [6, 6.07) is 0.133. The maximum absolute atomic E-state index is 12.5. The summed E-state index contributed by atoms with van der Waals surface area (Å²) in [5, 5.41) is 3.99. The summed E-state index contributed by atoms with van der Waals surface area (Å²) in [4.78, 5) is 23.6. The topological polar surface area (TPSA) is 65.7 Å². The number of aromatic nitrogens is 2. The number of carbonyl (C=O) groups is 1. The largest absolute Gasteiger partial charge is 0.341 e. The first-order chi connectivity index (χ1) is 12.1. The van der Waals surface area contributed by atoms with E-state index in [4.69, 9.17) is 4.52 Å². The van der Waals surface area contributed by atoms with Crippen molar-refractivity contribution in [3.8, 4) is 0 Å². The van der Waals surface area contributed by atoms with Gasteiger partial charge >= 0.3 is 0 Å². The van der Waals surface area contributed by atoms with Crippen molar-refractivity contribution in [2.24, 2.45) is 5.92 Å². The fourth-order valence-corrected chi connectivity index (χ4v) is 3.75. The molecule has 3 rings (SSSR count). The van der Waals surface area contributed by atoms with Crippen LogP contribution in [0, 0.1) is 5.92 Å². The van der Waals surface area contributed by atoms with Crippen molar-refractivity contribution in [2.75, 3.05) is 45.8 Å². The summed E-state index contributed by atoms with van der Waals surface area (Å²) in [6.45, 7) is 12.5. The number of nitrogens with zero attached hydrogens (tertiary/aromatic N) is 5. The minimum absolute atomic E-state index is 0.133. The Morgan fingerprint density at radius 2 is 2.04 bits per heavy atom. The van der Waals surface area contributed by atoms with E-state index in [1.807, 2.05) is 11.8 Å². The molecule has 140 valence electrons. The normalized spacial score (nSPS) is 24.4. The van der Waals surface area contributed by atoms with Crippen LogP contribution in [-0.4, -0.2) is 76.6 Å². The Morgan fingerprint density at radius 1 is 1.28 bits per heavy atom. The Labute approximate surface area is 150 Å². The van der Waals surface area contributed by atoms with Crippen LogP contribution < -0.4 is 0 Å². The lowest BCUT2D eigenvalue weighted by Gasteiger charge is -2.38. The molecular weight excluding hydrogens is 318 g/mol. The van der Waals surface area contributed by atoms with Crippen LogP contribution in [0.25, 0.3) is 0 Å². The lowest BCUT2D eigenvalue weighted by atomic mass is 10.0. The minimum atomic E-state index is 0.133. The van der Waals surface area contributed by atoms with Gasteiger partial charge in [0, 0.05) is 45.7 Å². The zero-order chi connectivity index (χ0) is 17.8. The zero-order valence-corrected chi connectivity index (χ0v) is 15.8. The van der Waals surface area contributed by atoms with Gasteiger partial charge in [-0.15, -0.1) is 0 Å². The molecule has 7 heteroatoms. The average Bonchev–Trinajstić information content (AvgIpc) is 3.11. The van der Waals surface area contributed by atoms with Gasteiger partial charge in [0.15, 0.2) is 5.82 Å². The van der Waals surface area contributed by atoms with E-state index in [2.05, 4.69) is 33.8 Å². The van der Waals surface area contributed by atoms with Crippen LogP contribution in [0.5, 0.6) is 0 Å². The number of hydrogen-bond donors (Lipinski definition) is 0. The lowest BCUT2D eigenvalue weighted by molar-refractivity contribution is -0.134. The van der Waals surface area contributed by atoms with Crippen LogP contribution in [0.3, 0.4) is 0 Å². The lowest BCUT2D eigenvalue weighted by Crippen LogP contribution is -2.51. The Hall–Kier alpha value is -1.47. The number of piperazine rings is 1. The summed E-state index contributed by atoms with van der Waals surface area (Å²) < 4.78 is 5.37. The predicted molar refractivity (Wildman–Crippen MR) is 95.1 cm³/mol. The van der Waals surface area contributed by atoms with Crippen molar-refractivity contribution in [3.63, 3.8) is 0 Å². The standard InChI is InChI=1S/C18H31N5O2/c1-4-16-19-18(25-20-16)15(3)22-10-8-21(9-11-22)13-17(24)23-7-5-6-14(2)12-23/h14-15H,4-13H2,1-3H3/t14-,15+/m1/s1. The van der Waals surface area contributed by atoms with Crippen molar-refractivity contribution in [1.29, 1.82) is 0 Å². The second-order valence-electron chi connectivity index (χ2n) is 7.48. The fourth-order valence-electron chi connectivity index (χ4n) is 3.75. The Balaban J connectivity index is 1.45. The smallest absolute Gasteiger partial charge is 0.243 e. The monoisotopic (exact) mass is 349 g/mol. The Kier molecular flexibility index (Phi) is 6.06. The van der Waals surface area contributed by atoms with E-state index < -0.39 is 0 Å². The number of likely N-dealkylation sites (tertiary alicyclic amines) is 1. The van der Waals surface area contributed by atoms with Gasteiger partial charge in [-0.05, 0) is 25.7 Å². The molecule has 7 nitrogen and oxygen atoms in total. The van der Waals surface area contributed by atoms with Crippen molar-refractivity contribution in [2.45, 2.75) is 46.1 Å². The molecule has 3 heterocycles. The van der Waals surface area contributed by atoms with E-state index >= 15 is 0 Å². The number of carbonyl (C=O) groups excluding carboxylic acids is 1. The van der Waals surface area contributed by atoms with E-state index in [0.29, 0.717) is 18.4 Å². The summed E-state index contributed by atoms with van der Waals surface area (Å²) >= 11 is 0. The first kappa shape index (κ1) is 18.3. The van der Waals surface area contributed by atoms with Gasteiger partial charge in [0.05, 0.1) is 12.6 Å². The van der Waals surface area contributed by atoms with E-state index in [-0.39, 0.29) is 11.9 Å². The average molecular weight is 349 g/mol. The highest BCUT2D eigenvalue weighted by Crippen LogP contribution is 2.21. The molecule has 1 amide bonds. The molecule has 0 saturated carbocycles. The molecule has 0 bridgehead atoms. The number of amides is 1. The van der Waals surface area contributed by atoms with Gasteiger partial charge in [0.2, 0.25) is 11.8 Å². The summed E-state index contributed by atoms with van der Waals surface area (Å²) in [5.41, 5.74) is 0. The van der Waals surface area contributed by atoms with Gasteiger partial charge in [-0.3, -0.25) is 14.6 Å². The zero-order valence-electron chi connectivity index (χ0n) is 15.8. The highest BCUT2D eigenvalue weighted by atomic mass is 16.5. The number of aryl methyl sites for hydroxylation is 1. The van der Waals surface area contributed by atoms with Crippen LogP contribution >= 0.6 is 0 Å². The van der Waals surface area contributed by atoms with E-state index in [1.54, 1.807) is 0 Å². The molecule has 2 saturated heterocycles. The number of rotatable bonds is 5. The second-order valence-corrected chi connectivity index (χ2v) is 7.48. The van der Waals surface area contributed by atoms with Gasteiger partial charge in [-0.2, -0.15) is 4.98 Å². The first-order valence-electron chi connectivity index (χ1n) is 9.63. The molecule has 0 unspecified atom stereocenters. The van der Waals surface area contributed by atoms with Gasteiger partial charge in [-0.1, -0.05) is 19.0 Å². The maximum atomic E-state index is 12.5. The molecule has 0 aliphatic carbocycles. The van der Waals surface area contributed by atoms with E-state index in [1.165, 1.54) is 6.42 Å². The van der Waals surface area contributed by atoms with Gasteiger partial charge < -0.3 is 9.42 Å². The third-order valence-electron chi connectivity index (χ3n) is 5.48. The van der Waals surface area contributed by atoms with Crippen molar-refractivity contribution >= 4 is 5.91 Å². The van der Waals surface area contributed by atoms with Crippen LogP contribution in [0.15, 0.2) is 4.52 Å². The van der Waals surface area contributed by atoms with E-state index in [9.17, 15) is 4.79 Å². The molecule has 2 aliphatic heterocycles. The third-order valence-corrected chi connectivity index (χ3v) is 5.48.